The van der Waals surface area contributed by atoms with Crippen LogP contribution in [0.25, 0.3) is 0 Å². The first-order valence-corrected chi connectivity index (χ1v) is 15.0. The highest BCUT2D eigenvalue weighted by Gasteiger charge is 2.44. The Morgan fingerprint density at radius 3 is 2.66 bits per heavy atom. The van der Waals surface area contributed by atoms with E-state index in [0.717, 1.165) is 31.0 Å². The van der Waals surface area contributed by atoms with E-state index in [2.05, 4.69) is 22.4 Å². The van der Waals surface area contributed by atoms with Crippen LogP contribution in [-0.4, -0.2) is 84.6 Å². The maximum absolute atomic E-state index is 13.8. The van der Waals surface area contributed by atoms with Crippen LogP contribution in [0, 0.1) is 23.7 Å². The van der Waals surface area contributed by atoms with Gasteiger partial charge in [-0.3, -0.25) is 4.79 Å². The fourth-order valence-corrected chi connectivity index (χ4v) is 6.60. The van der Waals surface area contributed by atoms with Gasteiger partial charge >= 0.3 is 12.2 Å². The summed E-state index contributed by atoms with van der Waals surface area (Å²) < 4.78 is 47.6. The number of alkyl halides is 3. The van der Waals surface area contributed by atoms with Gasteiger partial charge < -0.3 is 24.3 Å². The summed E-state index contributed by atoms with van der Waals surface area (Å²) in [6, 6.07) is 6.26. The number of benzene rings is 1. The van der Waals surface area contributed by atoms with E-state index in [4.69, 9.17) is 14.7 Å². The minimum absolute atomic E-state index is 0.0488. The average molecular weight is 612 g/mol. The second-order valence-electron chi connectivity index (χ2n) is 12.6. The number of anilines is 2. The lowest BCUT2D eigenvalue weighted by Gasteiger charge is -2.43. The monoisotopic (exact) mass is 611 g/mol. The molecule has 2 fully saturated rings. The molecule has 3 heterocycles. The Balaban J connectivity index is 1.51. The molecule has 0 radical (unpaired) electrons. The van der Waals surface area contributed by atoms with E-state index < -0.39 is 11.7 Å². The van der Waals surface area contributed by atoms with Crippen molar-refractivity contribution in [1.82, 2.24) is 19.8 Å². The van der Waals surface area contributed by atoms with Crippen molar-refractivity contribution >= 4 is 17.4 Å². The highest BCUT2D eigenvalue weighted by Crippen LogP contribution is 2.46. The van der Waals surface area contributed by atoms with Crippen LogP contribution in [0.2, 0.25) is 0 Å². The van der Waals surface area contributed by atoms with Gasteiger partial charge in [-0.15, -0.1) is 0 Å². The van der Waals surface area contributed by atoms with Gasteiger partial charge in [-0.25, -0.2) is 0 Å². The molecule has 1 aromatic carbocycles. The molecule has 2 aromatic rings. The Bertz CT molecular complexity index is 1450. The summed E-state index contributed by atoms with van der Waals surface area (Å²) in [5.41, 5.74) is 1.73. The molecule has 236 valence electrons. The molecule has 0 spiro atoms. The first-order chi connectivity index (χ1) is 20.9. The van der Waals surface area contributed by atoms with Crippen LogP contribution in [0.4, 0.5) is 24.7 Å². The molecule has 1 aromatic heterocycles. The largest absolute Gasteiger partial charge is 0.463 e. The number of amides is 1. The maximum atomic E-state index is 13.8. The summed E-state index contributed by atoms with van der Waals surface area (Å²) in [5.74, 6) is 0.485. The summed E-state index contributed by atoms with van der Waals surface area (Å²) in [4.78, 5) is 30.2. The van der Waals surface area contributed by atoms with Crippen LogP contribution < -0.4 is 14.5 Å². The van der Waals surface area contributed by atoms with Crippen molar-refractivity contribution in [3.63, 3.8) is 0 Å². The second kappa shape index (κ2) is 12.3. The lowest BCUT2D eigenvalue weighted by atomic mass is 9.95. The van der Waals surface area contributed by atoms with Crippen LogP contribution in [0.1, 0.15) is 48.6 Å². The number of nitrogens with zero attached hydrogens (tertiary/aromatic N) is 7. The van der Waals surface area contributed by atoms with Gasteiger partial charge in [0, 0.05) is 48.9 Å². The number of piperazine rings is 1. The van der Waals surface area contributed by atoms with Crippen LogP contribution in [0.5, 0.6) is 6.01 Å². The number of halogens is 3. The molecule has 2 atom stereocenters. The van der Waals surface area contributed by atoms with E-state index in [-0.39, 0.29) is 41.4 Å². The molecule has 12 heteroatoms. The number of fused-ring (bicyclic) bond motifs is 1. The van der Waals surface area contributed by atoms with Gasteiger partial charge in [0.25, 0.3) is 0 Å². The number of hydrogen-bond acceptors (Lipinski definition) is 8. The first kappa shape index (κ1) is 31.6. The van der Waals surface area contributed by atoms with Crippen molar-refractivity contribution in [3.8, 4) is 12.1 Å². The second-order valence-corrected chi connectivity index (χ2v) is 12.6. The van der Waals surface area contributed by atoms with Gasteiger partial charge in [0.1, 0.15) is 5.82 Å². The molecule has 1 saturated heterocycles. The van der Waals surface area contributed by atoms with E-state index in [1.54, 1.807) is 11.0 Å². The number of rotatable bonds is 9. The fraction of sp³-hybridized carbons (Fsp3) is 0.562. The lowest BCUT2D eigenvalue weighted by molar-refractivity contribution is -0.138. The predicted molar refractivity (Wildman–Crippen MR) is 161 cm³/mol. The molecule has 1 saturated carbocycles. The minimum Gasteiger partial charge on any atom is -0.463 e. The highest BCUT2D eigenvalue weighted by molar-refractivity contribution is 5.87. The standard InChI is InChI=1S/C32H40F3N7O2/c1-6-28(43)41-15-14-40(17-23(41)10-13-36)29-24-16-21(2)42(27-9-7-8-25(22(27)3)32(33,34)35)18-26(24)37-30(38-29)44-20-31(11-12-31)19-39(4)5/h6-9,21,23H,1,10-12,14-20H2,2-5H3/t21?,23-/m0/s1. The molecule has 5 rings (SSSR count). The zero-order chi connectivity index (χ0) is 31.8. The van der Waals surface area contributed by atoms with Gasteiger partial charge in [0.15, 0.2) is 0 Å². The van der Waals surface area contributed by atoms with E-state index >= 15 is 0 Å². The molecule has 0 N–H and O–H groups in total. The van der Waals surface area contributed by atoms with Gasteiger partial charge in [0.2, 0.25) is 5.91 Å². The summed E-state index contributed by atoms with van der Waals surface area (Å²) in [7, 11) is 4.07. The van der Waals surface area contributed by atoms with Crippen molar-refractivity contribution in [2.45, 2.75) is 64.3 Å². The van der Waals surface area contributed by atoms with Crippen molar-refractivity contribution in [2.75, 3.05) is 56.7 Å². The Kier molecular flexibility index (Phi) is 8.80. The Morgan fingerprint density at radius 2 is 2.02 bits per heavy atom. The van der Waals surface area contributed by atoms with E-state index in [0.29, 0.717) is 56.4 Å². The SMILES string of the molecule is C=CC(=O)N1CCN(c2nc(OCC3(CN(C)C)CC3)nc3c2CC(C)N(c2cccc(C(F)(F)F)c2C)C3)C[C@@H]1CC#N. The molecule has 1 unspecified atom stereocenters. The Morgan fingerprint density at radius 1 is 1.27 bits per heavy atom. The maximum Gasteiger partial charge on any atom is 0.416 e. The Labute approximate surface area is 256 Å². The van der Waals surface area contributed by atoms with Gasteiger partial charge in [-0.05, 0) is 71.0 Å². The quantitative estimate of drug-likeness (QED) is 0.381. The lowest BCUT2D eigenvalue weighted by Crippen LogP contribution is -2.55. The van der Waals surface area contributed by atoms with E-state index in [9.17, 15) is 23.2 Å². The Hall–Kier alpha value is -3.85. The van der Waals surface area contributed by atoms with Gasteiger partial charge in [-0.1, -0.05) is 12.6 Å². The van der Waals surface area contributed by atoms with Crippen molar-refractivity contribution < 1.29 is 22.7 Å². The average Bonchev–Trinajstić information content (AvgIpc) is 3.73. The summed E-state index contributed by atoms with van der Waals surface area (Å²) in [6.07, 6.45) is -0.394. The molecule has 1 amide bonds. The van der Waals surface area contributed by atoms with Crippen molar-refractivity contribution in [2.24, 2.45) is 5.41 Å². The number of nitriles is 1. The number of aromatic nitrogens is 2. The third-order valence-corrected chi connectivity index (χ3v) is 9.01. The van der Waals surface area contributed by atoms with Gasteiger partial charge in [0.05, 0.1) is 42.9 Å². The first-order valence-electron chi connectivity index (χ1n) is 15.0. The zero-order valence-electron chi connectivity index (χ0n) is 25.8. The van der Waals surface area contributed by atoms with E-state index in [1.807, 2.05) is 25.9 Å². The third-order valence-electron chi connectivity index (χ3n) is 9.01. The van der Waals surface area contributed by atoms with Crippen LogP contribution >= 0.6 is 0 Å². The topological polar surface area (TPSA) is 88.8 Å². The fourth-order valence-electron chi connectivity index (χ4n) is 6.60. The number of hydrogen-bond donors (Lipinski definition) is 0. The molecular formula is C32H40F3N7O2. The normalized spacial score (nSPS) is 21.1. The van der Waals surface area contributed by atoms with Crippen molar-refractivity contribution in [3.05, 3.63) is 53.2 Å². The third kappa shape index (κ3) is 6.48. The summed E-state index contributed by atoms with van der Waals surface area (Å²) >= 11 is 0. The predicted octanol–water partition coefficient (Wildman–Crippen LogP) is 4.59. The van der Waals surface area contributed by atoms with Crippen LogP contribution in [-0.2, 0) is 23.9 Å². The highest BCUT2D eigenvalue weighted by atomic mass is 19.4. The number of carbonyl (C=O) groups is 1. The zero-order valence-corrected chi connectivity index (χ0v) is 25.8. The van der Waals surface area contributed by atoms with Crippen LogP contribution in [0.15, 0.2) is 30.9 Å². The van der Waals surface area contributed by atoms with E-state index in [1.165, 1.54) is 19.1 Å². The van der Waals surface area contributed by atoms with Crippen LogP contribution in [0.3, 0.4) is 0 Å². The molecule has 1 aliphatic carbocycles. The number of ether oxygens (including phenoxy) is 1. The molecular weight excluding hydrogens is 571 g/mol. The molecule has 2 aliphatic heterocycles. The summed E-state index contributed by atoms with van der Waals surface area (Å²) in [6.45, 7) is 10.1. The minimum atomic E-state index is -4.45. The smallest absolute Gasteiger partial charge is 0.416 e. The van der Waals surface area contributed by atoms with Crippen molar-refractivity contribution in [1.29, 1.82) is 5.26 Å². The summed E-state index contributed by atoms with van der Waals surface area (Å²) in [5, 5.41) is 9.51. The van der Waals surface area contributed by atoms with Gasteiger partial charge in [-0.2, -0.15) is 28.4 Å². The molecule has 3 aliphatic rings. The molecule has 9 nitrogen and oxygen atoms in total. The molecule has 0 bridgehead atoms. The number of carbonyl (C=O) groups excluding carboxylic acids is 1. The molecule has 44 heavy (non-hydrogen) atoms.